The maximum atomic E-state index is 11.2. The summed E-state index contributed by atoms with van der Waals surface area (Å²) in [5.41, 5.74) is 3.93. The van der Waals surface area contributed by atoms with Crippen molar-refractivity contribution in [2.24, 2.45) is 0 Å². The van der Waals surface area contributed by atoms with Gasteiger partial charge in [0, 0.05) is 48.2 Å². The first kappa shape index (κ1) is 20.0. The van der Waals surface area contributed by atoms with Crippen LogP contribution in [0, 0.1) is 10.1 Å². The molecule has 1 aliphatic rings. The maximum Gasteiger partial charge on any atom is 0.270 e. The summed E-state index contributed by atoms with van der Waals surface area (Å²) in [5, 5.41) is 16.6. The van der Waals surface area contributed by atoms with Crippen molar-refractivity contribution in [3.63, 3.8) is 0 Å². The van der Waals surface area contributed by atoms with Gasteiger partial charge in [0.05, 0.1) is 18.1 Å². The van der Waals surface area contributed by atoms with Crippen molar-refractivity contribution < 1.29 is 9.66 Å². The Morgan fingerprint density at radius 1 is 0.938 bits per heavy atom. The molecule has 7 heteroatoms. The molecule has 0 aliphatic carbocycles. The van der Waals surface area contributed by atoms with Crippen LogP contribution in [0.4, 0.5) is 22.9 Å². The van der Waals surface area contributed by atoms with Crippen LogP contribution in [0.3, 0.4) is 0 Å². The largest absolute Gasteiger partial charge is 0.378 e. The van der Waals surface area contributed by atoms with Gasteiger partial charge in [-0.3, -0.25) is 10.1 Å². The van der Waals surface area contributed by atoms with Gasteiger partial charge in [0.1, 0.15) is 5.82 Å². The van der Waals surface area contributed by atoms with Gasteiger partial charge in [-0.15, -0.1) is 0 Å². The smallest absolute Gasteiger partial charge is 0.270 e. The number of nitrogens with zero attached hydrogens (tertiary/aromatic N) is 3. The van der Waals surface area contributed by atoms with E-state index >= 15 is 0 Å². The van der Waals surface area contributed by atoms with Gasteiger partial charge in [-0.05, 0) is 46.8 Å². The van der Waals surface area contributed by atoms with Crippen LogP contribution in [0.25, 0.3) is 21.9 Å². The summed E-state index contributed by atoms with van der Waals surface area (Å²) >= 11 is 0. The standard InChI is InChI=1S/C25H22N4O3/c30-29(31)21-4-1-3-18(17-21)22-5-2-6-24-23(22)11-12-26-25(24)27-19-7-9-20(10-8-19)28-13-15-32-16-14-28/h1-12,17H,13-16H2,(H,26,27). The molecule has 0 bridgehead atoms. The number of nitrogens with one attached hydrogen (secondary N) is 1. The number of hydrogen-bond donors (Lipinski definition) is 1. The first-order valence-corrected chi connectivity index (χ1v) is 10.5. The van der Waals surface area contributed by atoms with Crippen molar-refractivity contribution in [1.82, 2.24) is 4.98 Å². The van der Waals surface area contributed by atoms with Crippen LogP contribution in [-0.2, 0) is 4.74 Å². The normalized spacial score (nSPS) is 13.8. The Hall–Kier alpha value is -3.97. The number of rotatable bonds is 5. The van der Waals surface area contributed by atoms with Gasteiger partial charge in [0.15, 0.2) is 0 Å². The van der Waals surface area contributed by atoms with Gasteiger partial charge >= 0.3 is 0 Å². The quantitative estimate of drug-likeness (QED) is 0.340. The first-order chi connectivity index (χ1) is 15.7. The molecule has 160 valence electrons. The fraction of sp³-hybridized carbons (Fsp3) is 0.160. The number of anilines is 3. The number of non-ortho nitro benzene ring substituents is 1. The molecule has 2 heterocycles. The molecule has 5 rings (SSSR count). The van der Waals surface area contributed by atoms with E-state index in [0.29, 0.717) is 0 Å². The minimum Gasteiger partial charge on any atom is -0.378 e. The molecule has 0 amide bonds. The average molecular weight is 426 g/mol. The predicted octanol–water partition coefficient (Wildman–Crippen LogP) is 5.39. The van der Waals surface area contributed by atoms with Gasteiger partial charge in [0.25, 0.3) is 5.69 Å². The Balaban J connectivity index is 1.46. The summed E-state index contributed by atoms with van der Waals surface area (Å²) < 4.78 is 5.43. The zero-order chi connectivity index (χ0) is 21.9. The maximum absolute atomic E-state index is 11.2. The SMILES string of the molecule is O=[N+]([O-])c1cccc(-c2cccc3c(Nc4ccc(N5CCOCC5)cc4)nccc23)c1. The number of nitro benzene ring substituents is 1. The van der Waals surface area contributed by atoms with Gasteiger partial charge < -0.3 is 15.0 Å². The van der Waals surface area contributed by atoms with Crippen LogP contribution >= 0.6 is 0 Å². The zero-order valence-corrected chi connectivity index (χ0v) is 17.4. The lowest BCUT2D eigenvalue weighted by atomic mass is 9.98. The number of nitro groups is 1. The molecule has 4 aromatic rings. The average Bonchev–Trinajstić information content (AvgIpc) is 2.85. The van der Waals surface area contributed by atoms with Crippen molar-refractivity contribution in [2.45, 2.75) is 0 Å². The Morgan fingerprint density at radius 2 is 1.72 bits per heavy atom. The van der Waals surface area contributed by atoms with E-state index in [-0.39, 0.29) is 10.6 Å². The topological polar surface area (TPSA) is 80.5 Å². The molecule has 1 aliphatic heterocycles. The number of ether oxygens (including phenoxy) is 1. The number of aromatic nitrogens is 1. The molecule has 1 fully saturated rings. The van der Waals surface area contributed by atoms with E-state index in [1.54, 1.807) is 18.3 Å². The summed E-state index contributed by atoms with van der Waals surface area (Å²) in [4.78, 5) is 17.7. The molecule has 0 spiro atoms. The number of morpholine rings is 1. The Labute approximate surface area is 185 Å². The number of fused-ring (bicyclic) bond motifs is 1. The highest BCUT2D eigenvalue weighted by Crippen LogP contribution is 2.34. The van der Waals surface area contributed by atoms with Gasteiger partial charge in [-0.25, -0.2) is 4.98 Å². The molecule has 0 radical (unpaired) electrons. The van der Waals surface area contributed by atoms with E-state index < -0.39 is 0 Å². The Morgan fingerprint density at radius 3 is 2.50 bits per heavy atom. The van der Waals surface area contributed by atoms with Crippen molar-refractivity contribution in [3.05, 3.63) is 89.1 Å². The molecule has 3 aromatic carbocycles. The van der Waals surface area contributed by atoms with E-state index in [1.807, 2.05) is 30.3 Å². The third-order valence-corrected chi connectivity index (χ3v) is 5.68. The molecule has 1 aromatic heterocycles. The van der Waals surface area contributed by atoms with Gasteiger partial charge in [0.2, 0.25) is 0 Å². The fourth-order valence-electron chi connectivity index (χ4n) is 4.06. The molecule has 7 nitrogen and oxygen atoms in total. The van der Waals surface area contributed by atoms with Gasteiger partial charge in [-0.2, -0.15) is 0 Å². The highest BCUT2D eigenvalue weighted by Gasteiger charge is 2.13. The van der Waals surface area contributed by atoms with E-state index in [1.165, 1.54) is 11.8 Å². The van der Waals surface area contributed by atoms with E-state index in [4.69, 9.17) is 4.74 Å². The second kappa shape index (κ2) is 8.64. The molecular weight excluding hydrogens is 404 g/mol. The minimum atomic E-state index is -0.371. The summed E-state index contributed by atoms with van der Waals surface area (Å²) in [6.07, 6.45) is 1.76. The summed E-state index contributed by atoms with van der Waals surface area (Å²) in [7, 11) is 0. The molecule has 0 unspecified atom stereocenters. The zero-order valence-electron chi connectivity index (χ0n) is 17.4. The summed E-state index contributed by atoms with van der Waals surface area (Å²) in [6, 6.07) is 22.9. The Bertz CT molecular complexity index is 1270. The second-order valence-corrected chi connectivity index (χ2v) is 7.64. The highest BCUT2D eigenvalue weighted by molar-refractivity contribution is 6.02. The van der Waals surface area contributed by atoms with Crippen LogP contribution in [0.5, 0.6) is 0 Å². The molecule has 0 atom stereocenters. The number of pyridine rings is 1. The van der Waals surface area contributed by atoms with Crippen LogP contribution in [0.2, 0.25) is 0 Å². The minimum absolute atomic E-state index is 0.0762. The van der Waals surface area contributed by atoms with Crippen LogP contribution < -0.4 is 10.2 Å². The third kappa shape index (κ3) is 3.98. The summed E-state index contributed by atoms with van der Waals surface area (Å²) in [5.74, 6) is 0.744. The number of hydrogen-bond acceptors (Lipinski definition) is 6. The monoisotopic (exact) mass is 426 g/mol. The van der Waals surface area contributed by atoms with Crippen LogP contribution in [0.15, 0.2) is 79.0 Å². The van der Waals surface area contributed by atoms with E-state index in [2.05, 4.69) is 39.5 Å². The molecule has 0 saturated carbocycles. The van der Waals surface area contributed by atoms with Crippen molar-refractivity contribution in [3.8, 4) is 11.1 Å². The fourth-order valence-corrected chi connectivity index (χ4v) is 4.06. The van der Waals surface area contributed by atoms with Crippen molar-refractivity contribution in [1.29, 1.82) is 0 Å². The second-order valence-electron chi connectivity index (χ2n) is 7.64. The highest BCUT2D eigenvalue weighted by atomic mass is 16.6. The lowest BCUT2D eigenvalue weighted by Crippen LogP contribution is -2.36. The summed E-state index contributed by atoms with van der Waals surface area (Å²) in [6.45, 7) is 3.32. The van der Waals surface area contributed by atoms with E-state index in [9.17, 15) is 10.1 Å². The Kier molecular flexibility index (Phi) is 5.39. The third-order valence-electron chi connectivity index (χ3n) is 5.68. The lowest BCUT2D eigenvalue weighted by Gasteiger charge is -2.28. The van der Waals surface area contributed by atoms with E-state index in [0.717, 1.165) is 59.7 Å². The van der Waals surface area contributed by atoms with Crippen LogP contribution in [0.1, 0.15) is 0 Å². The lowest BCUT2D eigenvalue weighted by molar-refractivity contribution is -0.384. The number of benzene rings is 3. The van der Waals surface area contributed by atoms with Crippen molar-refractivity contribution >= 4 is 33.7 Å². The molecular formula is C25H22N4O3. The molecule has 32 heavy (non-hydrogen) atoms. The van der Waals surface area contributed by atoms with Crippen molar-refractivity contribution in [2.75, 3.05) is 36.5 Å². The first-order valence-electron chi connectivity index (χ1n) is 10.5. The van der Waals surface area contributed by atoms with Crippen LogP contribution in [-0.4, -0.2) is 36.2 Å². The molecule has 1 saturated heterocycles. The molecule has 1 N–H and O–H groups in total. The predicted molar refractivity (Wildman–Crippen MR) is 127 cm³/mol. The van der Waals surface area contributed by atoms with Gasteiger partial charge in [-0.1, -0.05) is 30.3 Å².